The molecular formula is C18H19NO. The molecule has 20 heavy (non-hydrogen) atoms. The van der Waals surface area contributed by atoms with Gasteiger partial charge in [0, 0.05) is 12.2 Å². The molecule has 1 N–H and O–H groups in total. The van der Waals surface area contributed by atoms with Gasteiger partial charge in [0.25, 0.3) is 0 Å². The van der Waals surface area contributed by atoms with Gasteiger partial charge in [0.2, 0.25) is 0 Å². The van der Waals surface area contributed by atoms with Crippen molar-refractivity contribution in [2.45, 2.75) is 19.9 Å². The van der Waals surface area contributed by atoms with E-state index in [4.69, 9.17) is 11.2 Å². The van der Waals surface area contributed by atoms with E-state index in [1.54, 1.807) is 0 Å². The first kappa shape index (κ1) is 14.0. The van der Waals surface area contributed by atoms with Gasteiger partial charge in [-0.2, -0.15) is 0 Å². The van der Waals surface area contributed by atoms with Crippen molar-refractivity contribution in [1.82, 2.24) is 0 Å². The van der Waals surface area contributed by atoms with E-state index < -0.39 is 0 Å². The van der Waals surface area contributed by atoms with Crippen LogP contribution in [0, 0.1) is 12.3 Å². The summed E-state index contributed by atoms with van der Waals surface area (Å²) in [6.07, 6.45) is 6.19. The van der Waals surface area contributed by atoms with Crippen LogP contribution in [0.1, 0.15) is 18.1 Å². The molecule has 2 nitrogen and oxygen atoms in total. The zero-order valence-electron chi connectivity index (χ0n) is 11.7. The molecule has 0 saturated heterocycles. The number of anilines is 1. The Morgan fingerprint density at radius 3 is 2.55 bits per heavy atom. The van der Waals surface area contributed by atoms with Crippen LogP contribution in [0.2, 0.25) is 0 Å². The minimum atomic E-state index is 0.307. The minimum Gasteiger partial charge on any atom is -0.481 e. The van der Waals surface area contributed by atoms with Gasteiger partial charge < -0.3 is 10.1 Å². The number of benzene rings is 2. The standard InChI is InChI=1S/C18H19NO/c1-3-13-20-17-11-9-15(10-12-17)14-19-18-8-6-5-7-16(18)4-2/h1,5-12,19H,4,13-14H2,2H3. The predicted molar refractivity (Wildman–Crippen MR) is 83.9 cm³/mol. The van der Waals surface area contributed by atoms with Gasteiger partial charge >= 0.3 is 0 Å². The molecular weight excluding hydrogens is 246 g/mol. The number of rotatable bonds is 6. The molecule has 0 aliphatic heterocycles. The van der Waals surface area contributed by atoms with E-state index in [1.165, 1.54) is 16.8 Å². The van der Waals surface area contributed by atoms with Crippen molar-refractivity contribution in [1.29, 1.82) is 0 Å². The molecule has 2 rings (SSSR count). The third kappa shape index (κ3) is 3.80. The summed E-state index contributed by atoms with van der Waals surface area (Å²) in [6.45, 7) is 3.27. The third-order valence-electron chi connectivity index (χ3n) is 3.13. The van der Waals surface area contributed by atoms with Gasteiger partial charge in [-0.15, -0.1) is 6.42 Å². The molecule has 102 valence electrons. The summed E-state index contributed by atoms with van der Waals surface area (Å²) < 4.78 is 5.35. The van der Waals surface area contributed by atoms with Crippen molar-refractivity contribution in [2.75, 3.05) is 11.9 Å². The van der Waals surface area contributed by atoms with Crippen molar-refractivity contribution in [3.63, 3.8) is 0 Å². The van der Waals surface area contributed by atoms with Crippen LogP contribution in [-0.2, 0) is 13.0 Å². The molecule has 0 saturated carbocycles. The van der Waals surface area contributed by atoms with Gasteiger partial charge in [0.1, 0.15) is 12.4 Å². The number of ether oxygens (including phenoxy) is 1. The van der Waals surface area contributed by atoms with Crippen molar-refractivity contribution in [3.05, 3.63) is 59.7 Å². The number of hydrogen-bond donors (Lipinski definition) is 1. The number of nitrogens with one attached hydrogen (secondary N) is 1. The van der Waals surface area contributed by atoms with E-state index >= 15 is 0 Å². The molecule has 0 atom stereocenters. The summed E-state index contributed by atoms with van der Waals surface area (Å²) in [5.41, 5.74) is 3.74. The van der Waals surface area contributed by atoms with E-state index in [9.17, 15) is 0 Å². The molecule has 2 heteroatoms. The Labute approximate surface area is 120 Å². The second kappa shape index (κ2) is 7.25. The molecule has 0 spiro atoms. The van der Waals surface area contributed by atoms with Crippen LogP contribution < -0.4 is 10.1 Å². The lowest BCUT2D eigenvalue weighted by Gasteiger charge is -2.11. The second-order valence-electron chi connectivity index (χ2n) is 4.50. The van der Waals surface area contributed by atoms with Crippen LogP contribution >= 0.6 is 0 Å². The van der Waals surface area contributed by atoms with Crippen LogP contribution in [0.15, 0.2) is 48.5 Å². The Morgan fingerprint density at radius 1 is 1.10 bits per heavy atom. The van der Waals surface area contributed by atoms with Crippen LogP contribution in [-0.4, -0.2) is 6.61 Å². The number of hydrogen-bond acceptors (Lipinski definition) is 2. The molecule has 0 radical (unpaired) electrons. The molecule has 0 aliphatic rings. The lowest BCUT2D eigenvalue weighted by Crippen LogP contribution is -2.02. The molecule has 0 aliphatic carbocycles. The summed E-state index contributed by atoms with van der Waals surface area (Å²) in [4.78, 5) is 0. The van der Waals surface area contributed by atoms with Crippen molar-refractivity contribution in [3.8, 4) is 18.1 Å². The van der Waals surface area contributed by atoms with Crippen molar-refractivity contribution < 1.29 is 4.74 Å². The van der Waals surface area contributed by atoms with E-state index in [2.05, 4.69) is 42.4 Å². The Hall–Kier alpha value is -2.40. The van der Waals surface area contributed by atoms with E-state index in [0.717, 1.165) is 18.7 Å². The molecule has 0 unspecified atom stereocenters. The summed E-state index contributed by atoms with van der Waals surface area (Å²) in [5.74, 6) is 3.26. The summed E-state index contributed by atoms with van der Waals surface area (Å²) in [7, 11) is 0. The van der Waals surface area contributed by atoms with Crippen LogP contribution in [0.4, 0.5) is 5.69 Å². The molecule has 0 amide bonds. The maximum atomic E-state index is 5.35. The predicted octanol–water partition coefficient (Wildman–Crippen LogP) is 3.87. The van der Waals surface area contributed by atoms with E-state index in [1.807, 2.05) is 24.3 Å². The molecule has 0 heterocycles. The second-order valence-corrected chi connectivity index (χ2v) is 4.50. The van der Waals surface area contributed by atoms with Gasteiger partial charge in [-0.25, -0.2) is 0 Å². The first-order valence-electron chi connectivity index (χ1n) is 6.80. The van der Waals surface area contributed by atoms with Crippen LogP contribution in [0.25, 0.3) is 0 Å². The van der Waals surface area contributed by atoms with Crippen molar-refractivity contribution in [2.24, 2.45) is 0 Å². The highest BCUT2D eigenvalue weighted by Crippen LogP contribution is 2.17. The number of terminal acetylenes is 1. The lowest BCUT2D eigenvalue weighted by molar-refractivity contribution is 0.370. The maximum Gasteiger partial charge on any atom is 0.148 e. The zero-order valence-corrected chi connectivity index (χ0v) is 11.7. The fraction of sp³-hybridized carbons (Fsp3) is 0.222. The molecule has 2 aromatic carbocycles. The van der Waals surface area contributed by atoms with Crippen molar-refractivity contribution >= 4 is 5.69 Å². The van der Waals surface area contributed by atoms with Gasteiger partial charge in [-0.3, -0.25) is 0 Å². The normalized spacial score (nSPS) is 9.80. The molecule has 0 aromatic heterocycles. The minimum absolute atomic E-state index is 0.307. The molecule has 0 fully saturated rings. The third-order valence-corrected chi connectivity index (χ3v) is 3.13. The molecule has 2 aromatic rings. The van der Waals surface area contributed by atoms with Gasteiger partial charge in [0.05, 0.1) is 0 Å². The lowest BCUT2D eigenvalue weighted by atomic mass is 10.1. The Balaban J connectivity index is 1.95. The fourth-order valence-corrected chi connectivity index (χ4v) is 2.03. The van der Waals surface area contributed by atoms with E-state index in [0.29, 0.717) is 6.61 Å². The average Bonchev–Trinajstić information content (AvgIpc) is 2.52. The maximum absolute atomic E-state index is 5.35. The fourth-order valence-electron chi connectivity index (χ4n) is 2.03. The Bertz CT molecular complexity index is 581. The van der Waals surface area contributed by atoms with Gasteiger partial charge in [-0.05, 0) is 35.7 Å². The topological polar surface area (TPSA) is 21.3 Å². The highest BCUT2D eigenvalue weighted by atomic mass is 16.5. The zero-order chi connectivity index (χ0) is 14.2. The van der Waals surface area contributed by atoms with Gasteiger partial charge in [0.15, 0.2) is 0 Å². The first-order valence-corrected chi connectivity index (χ1v) is 6.80. The molecule has 0 bridgehead atoms. The van der Waals surface area contributed by atoms with Crippen LogP contribution in [0.3, 0.4) is 0 Å². The number of aryl methyl sites for hydroxylation is 1. The smallest absolute Gasteiger partial charge is 0.148 e. The largest absolute Gasteiger partial charge is 0.481 e. The summed E-state index contributed by atoms with van der Waals surface area (Å²) in [5, 5.41) is 3.47. The Kier molecular flexibility index (Phi) is 5.08. The quantitative estimate of drug-likeness (QED) is 0.800. The highest BCUT2D eigenvalue weighted by molar-refractivity contribution is 5.51. The highest BCUT2D eigenvalue weighted by Gasteiger charge is 2.00. The van der Waals surface area contributed by atoms with E-state index in [-0.39, 0.29) is 0 Å². The number of para-hydroxylation sites is 1. The first-order chi connectivity index (χ1) is 9.83. The monoisotopic (exact) mass is 265 g/mol. The summed E-state index contributed by atoms with van der Waals surface area (Å²) >= 11 is 0. The van der Waals surface area contributed by atoms with Gasteiger partial charge in [-0.1, -0.05) is 43.2 Å². The Morgan fingerprint density at radius 2 is 1.85 bits per heavy atom. The van der Waals surface area contributed by atoms with Crippen LogP contribution in [0.5, 0.6) is 5.75 Å². The SMILES string of the molecule is C#CCOc1ccc(CNc2ccccc2CC)cc1. The average molecular weight is 265 g/mol. The summed E-state index contributed by atoms with van der Waals surface area (Å²) in [6, 6.07) is 16.4.